The van der Waals surface area contributed by atoms with Crippen molar-refractivity contribution in [1.29, 1.82) is 0 Å². The van der Waals surface area contributed by atoms with Crippen molar-refractivity contribution in [3.05, 3.63) is 42.0 Å². The lowest BCUT2D eigenvalue weighted by atomic mass is 10.00. The Morgan fingerprint density at radius 1 is 1.23 bits per heavy atom. The molecular weight excluding hydrogens is 302 g/mol. The molecule has 1 aliphatic rings. The minimum absolute atomic E-state index is 0.293. The molecule has 2 rings (SSSR count). The molecule has 6 heteroatoms. The van der Waals surface area contributed by atoms with Gasteiger partial charge in [0.2, 0.25) is 10.0 Å². The van der Waals surface area contributed by atoms with Crippen molar-refractivity contribution in [2.24, 2.45) is 0 Å². The van der Waals surface area contributed by atoms with E-state index >= 15 is 0 Å². The van der Waals surface area contributed by atoms with Gasteiger partial charge in [-0.2, -0.15) is 4.31 Å². The van der Waals surface area contributed by atoms with Gasteiger partial charge in [0.15, 0.2) is 6.29 Å². The van der Waals surface area contributed by atoms with E-state index in [1.807, 2.05) is 6.92 Å². The lowest BCUT2D eigenvalue weighted by Crippen LogP contribution is -2.51. The van der Waals surface area contributed by atoms with Crippen LogP contribution in [0.4, 0.5) is 0 Å². The van der Waals surface area contributed by atoms with Crippen LogP contribution in [0, 0.1) is 6.92 Å². The number of rotatable bonds is 5. The van der Waals surface area contributed by atoms with Crippen LogP contribution in [0.2, 0.25) is 0 Å². The molecule has 22 heavy (non-hydrogen) atoms. The minimum atomic E-state index is -3.58. The molecule has 1 heterocycles. The quantitative estimate of drug-likeness (QED) is 0.616. The third kappa shape index (κ3) is 3.41. The van der Waals surface area contributed by atoms with Crippen molar-refractivity contribution in [3.63, 3.8) is 0 Å². The molecule has 1 unspecified atom stereocenters. The van der Waals surface area contributed by atoms with Gasteiger partial charge >= 0.3 is 0 Å². The molecule has 0 aliphatic carbocycles. The molecule has 0 spiro atoms. The van der Waals surface area contributed by atoms with Gasteiger partial charge in [0, 0.05) is 20.8 Å². The van der Waals surface area contributed by atoms with Gasteiger partial charge in [0.1, 0.15) is 0 Å². The second-order valence-electron chi connectivity index (χ2n) is 5.54. The summed E-state index contributed by atoms with van der Waals surface area (Å²) in [5, 5.41) is 0. The Hall–Kier alpha value is -1.21. The van der Waals surface area contributed by atoms with Crippen molar-refractivity contribution in [2.45, 2.75) is 37.0 Å². The summed E-state index contributed by atoms with van der Waals surface area (Å²) in [5.74, 6) is 0. The van der Waals surface area contributed by atoms with Crippen LogP contribution in [0.5, 0.6) is 0 Å². The third-order valence-corrected chi connectivity index (χ3v) is 5.90. The highest BCUT2D eigenvalue weighted by Crippen LogP contribution is 2.30. The maximum atomic E-state index is 12.9. The average Bonchev–Trinajstić information content (AvgIpc) is 2.49. The molecule has 1 fully saturated rings. The Labute approximate surface area is 132 Å². The van der Waals surface area contributed by atoms with Gasteiger partial charge in [-0.3, -0.25) is 0 Å². The van der Waals surface area contributed by atoms with E-state index < -0.39 is 22.4 Å². The monoisotopic (exact) mass is 325 g/mol. The van der Waals surface area contributed by atoms with Crippen LogP contribution in [-0.4, -0.2) is 45.8 Å². The van der Waals surface area contributed by atoms with Gasteiger partial charge in [-0.1, -0.05) is 29.8 Å². The normalized spacial score (nSPS) is 20.5. The van der Waals surface area contributed by atoms with Crippen LogP contribution in [0.25, 0.3) is 0 Å². The highest BCUT2D eigenvalue weighted by Gasteiger charge is 2.39. The van der Waals surface area contributed by atoms with Crippen LogP contribution in [0.1, 0.15) is 18.4 Å². The molecule has 1 aromatic rings. The predicted octanol–water partition coefficient (Wildman–Crippen LogP) is 2.32. The van der Waals surface area contributed by atoms with Gasteiger partial charge in [-0.25, -0.2) is 8.42 Å². The van der Waals surface area contributed by atoms with Crippen molar-refractivity contribution in [3.8, 4) is 0 Å². The van der Waals surface area contributed by atoms with E-state index in [1.165, 1.54) is 18.5 Å². The fourth-order valence-electron chi connectivity index (χ4n) is 2.72. The lowest BCUT2D eigenvalue weighted by Gasteiger charge is -2.38. The summed E-state index contributed by atoms with van der Waals surface area (Å²) in [4.78, 5) is 0.293. The average molecular weight is 325 g/mol. The first-order chi connectivity index (χ1) is 10.4. The SMILES string of the molecule is C=C1CCN(S(=O)(=O)c2ccc(C)cc2)C(C(OC)OC)C1. The number of benzene rings is 1. The molecule has 1 saturated heterocycles. The topological polar surface area (TPSA) is 55.8 Å². The predicted molar refractivity (Wildman–Crippen MR) is 85.0 cm³/mol. The fourth-order valence-corrected chi connectivity index (χ4v) is 4.33. The minimum Gasteiger partial charge on any atom is -0.354 e. The Bertz CT molecular complexity index is 620. The first-order valence-corrected chi connectivity index (χ1v) is 8.65. The summed E-state index contributed by atoms with van der Waals surface area (Å²) in [5.41, 5.74) is 2.04. The maximum absolute atomic E-state index is 12.9. The Balaban J connectivity index is 2.37. The summed E-state index contributed by atoms with van der Waals surface area (Å²) >= 11 is 0. The van der Waals surface area contributed by atoms with Gasteiger partial charge in [0.05, 0.1) is 10.9 Å². The van der Waals surface area contributed by atoms with E-state index in [0.717, 1.165) is 11.1 Å². The summed E-state index contributed by atoms with van der Waals surface area (Å²) < 4.78 is 37.9. The van der Waals surface area contributed by atoms with Crippen molar-refractivity contribution >= 4 is 10.0 Å². The number of aryl methyl sites for hydroxylation is 1. The Morgan fingerprint density at radius 3 is 2.36 bits per heavy atom. The summed E-state index contributed by atoms with van der Waals surface area (Å²) in [7, 11) is -0.552. The molecule has 5 nitrogen and oxygen atoms in total. The standard InChI is InChI=1S/C16H23NO4S/c1-12-5-7-14(8-6-12)22(18,19)17-10-9-13(2)11-15(17)16(20-3)21-4/h5-8,15-16H,2,9-11H2,1,3-4H3. The molecular formula is C16H23NO4S. The molecule has 0 aromatic heterocycles. The zero-order chi connectivity index (χ0) is 16.3. The smallest absolute Gasteiger partial charge is 0.243 e. The number of methoxy groups -OCH3 is 2. The molecule has 0 bridgehead atoms. The number of hydrogen-bond acceptors (Lipinski definition) is 4. The number of piperidine rings is 1. The molecule has 122 valence electrons. The van der Waals surface area contributed by atoms with Crippen molar-refractivity contribution in [2.75, 3.05) is 20.8 Å². The second-order valence-corrected chi connectivity index (χ2v) is 7.43. The zero-order valence-corrected chi connectivity index (χ0v) is 14.1. The van der Waals surface area contributed by atoms with E-state index in [2.05, 4.69) is 6.58 Å². The molecule has 1 aliphatic heterocycles. The van der Waals surface area contributed by atoms with E-state index in [0.29, 0.717) is 24.3 Å². The summed E-state index contributed by atoms with van der Waals surface area (Å²) in [6, 6.07) is 6.48. The van der Waals surface area contributed by atoms with Crippen molar-refractivity contribution in [1.82, 2.24) is 4.31 Å². The highest BCUT2D eigenvalue weighted by atomic mass is 32.2. The number of nitrogens with zero attached hydrogens (tertiary/aromatic N) is 1. The van der Waals surface area contributed by atoms with Gasteiger partial charge in [-0.05, 0) is 31.9 Å². The largest absolute Gasteiger partial charge is 0.354 e. The van der Waals surface area contributed by atoms with E-state index in [1.54, 1.807) is 24.3 Å². The second kappa shape index (κ2) is 6.91. The first-order valence-electron chi connectivity index (χ1n) is 7.21. The molecule has 1 atom stereocenters. The summed E-state index contributed by atoms with van der Waals surface area (Å²) in [6.45, 7) is 6.30. The van der Waals surface area contributed by atoms with Crippen LogP contribution in [0.15, 0.2) is 41.3 Å². The summed E-state index contributed by atoms with van der Waals surface area (Å²) in [6.07, 6.45) is 0.580. The van der Waals surface area contributed by atoms with Crippen LogP contribution in [-0.2, 0) is 19.5 Å². The van der Waals surface area contributed by atoms with Crippen LogP contribution >= 0.6 is 0 Å². The molecule has 0 N–H and O–H groups in total. The Morgan fingerprint density at radius 2 is 1.82 bits per heavy atom. The third-order valence-electron chi connectivity index (χ3n) is 3.96. The van der Waals surface area contributed by atoms with Crippen LogP contribution in [0.3, 0.4) is 0 Å². The molecule has 0 radical (unpaired) electrons. The zero-order valence-electron chi connectivity index (χ0n) is 13.3. The molecule has 1 aromatic carbocycles. The van der Waals surface area contributed by atoms with E-state index in [9.17, 15) is 8.42 Å². The first kappa shape index (κ1) is 17.1. The molecule has 0 amide bonds. The van der Waals surface area contributed by atoms with E-state index in [4.69, 9.17) is 9.47 Å². The number of hydrogen-bond donors (Lipinski definition) is 0. The fraction of sp³-hybridized carbons (Fsp3) is 0.500. The van der Waals surface area contributed by atoms with Gasteiger partial charge in [0.25, 0.3) is 0 Å². The molecule has 0 saturated carbocycles. The number of sulfonamides is 1. The van der Waals surface area contributed by atoms with Gasteiger partial charge < -0.3 is 9.47 Å². The van der Waals surface area contributed by atoms with E-state index in [-0.39, 0.29) is 0 Å². The van der Waals surface area contributed by atoms with Crippen molar-refractivity contribution < 1.29 is 17.9 Å². The highest BCUT2D eigenvalue weighted by molar-refractivity contribution is 7.89. The lowest BCUT2D eigenvalue weighted by molar-refractivity contribution is -0.137. The maximum Gasteiger partial charge on any atom is 0.243 e. The van der Waals surface area contributed by atoms with Gasteiger partial charge in [-0.15, -0.1) is 0 Å². The Kier molecular flexibility index (Phi) is 5.39. The number of ether oxygens (including phenoxy) is 2. The van der Waals surface area contributed by atoms with Crippen LogP contribution < -0.4 is 0 Å².